The number of carbonyl (C=O) groups is 2. The number of amides is 2. The molecule has 2 aromatic rings. The molecule has 1 heterocycles. The lowest BCUT2D eigenvalue weighted by molar-refractivity contribution is -0.126. The molecule has 0 aliphatic rings. The summed E-state index contributed by atoms with van der Waals surface area (Å²) in [7, 11) is 1.40. The molecule has 25 heavy (non-hydrogen) atoms. The quantitative estimate of drug-likeness (QED) is 0.824. The van der Waals surface area contributed by atoms with Crippen LogP contribution in [-0.4, -0.2) is 29.9 Å². The van der Waals surface area contributed by atoms with Gasteiger partial charge in [0.05, 0.1) is 12.8 Å². The number of nitrogens with one attached hydrogen (secondary N) is 2. The highest BCUT2D eigenvalue weighted by molar-refractivity contribution is 7.14. The summed E-state index contributed by atoms with van der Waals surface area (Å²) in [5.41, 5.74) is 1.12. The largest absolute Gasteiger partial charge is 0.494 e. The van der Waals surface area contributed by atoms with Crippen molar-refractivity contribution in [1.29, 1.82) is 0 Å². The second kappa shape index (κ2) is 8.06. The van der Waals surface area contributed by atoms with Gasteiger partial charge in [0.25, 0.3) is 0 Å². The highest BCUT2D eigenvalue weighted by Gasteiger charge is 2.24. The number of nitrogens with zero attached hydrogens (tertiary/aromatic N) is 1. The fourth-order valence-electron chi connectivity index (χ4n) is 2.23. The molecule has 2 rings (SSSR count). The molecule has 0 fully saturated rings. The number of thiazole rings is 1. The Hall–Kier alpha value is -2.48. The Labute approximate surface area is 149 Å². The normalized spacial score (nSPS) is 11.9. The summed E-state index contributed by atoms with van der Waals surface area (Å²) < 4.78 is 18.7. The Morgan fingerprint density at radius 3 is 2.60 bits per heavy atom. The summed E-state index contributed by atoms with van der Waals surface area (Å²) in [6.07, 6.45) is 0. The number of benzene rings is 1. The fraction of sp³-hybridized carbons (Fsp3) is 0.353. The van der Waals surface area contributed by atoms with Crippen molar-refractivity contribution in [1.82, 2.24) is 10.3 Å². The summed E-state index contributed by atoms with van der Waals surface area (Å²) in [6, 6.07) is 3.89. The Balaban J connectivity index is 2.14. The van der Waals surface area contributed by atoms with Crippen molar-refractivity contribution in [3.63, 3.8) is 0 Å². The Kier molecular flexibility index (Phi) is 6.08. The van der Waals surface area contributed by atoms with Gasteiger partial charge in [-0.05, 0) is 24.1 Å². The molecule has 1 aromatic heterocycles. The Bertz CT molecular complexity index is 776. The molecule has 1 atom stereocenters. The van der Waals surface area contributed by atoms with Crippen molar-refractivity contribution < 1.29 is 18.7 Å². The average molecular weight is 365 g/mol. The van der Waals surface area contributed by atoms with Crippen LogP contribution in [0.1, 0.15) is 20.8 Å². The van der Waals surface area contributed by atoms with Gasteiger partial charge in [-0.25, -0.2) is 9.37 Å². The predicted molar refractivity (Wildman–Crippen MR) is 95.1 cm³/mol. The van der Waals surface area contributed by atoms with E-state index >= 15 is 0 Å². The van der Waals surface area contributed by atoms with Gasteiger partial charge in [-0.3, -0.25) is 9.59 Å². The molecule has 1 unspecified atom stereocenters. The molecule has 0 aliphatic carbocycles. The predicted octanol–water partition coefficient (Wildman–Crippen LogP) is 3.06. The molecule has 0 radical (unpaired) electrons. The number of methoxy groups -OCH3 is 1. The van der Waals surface area contributed by atoms with Crippen molar-refractivity contribution in [2.75, 3.05) is 12.4 Å². The van der Waals surface area contributed by atoms with Crippen LogP contribution in [0.4, 0.5) is 9.52 Å². The van der Waals surface area contributed by atoms with Crippen molar-refractivity contribution in [2.45, 2.75) is 26.8 Å². The maximum atomic E-state index is 13.8. The highest BCUT2D eigenvalue weighted by atomic mass is 32.1. The zero-order valence-corrected chi connectivity index (χ0v) is 15.2. The van der Waals surface area contributed by atoms with E-state index in [4.69, 9.17) is 4.74 Å². The molecule has 0 aliphatic heterocycles. The monoisotopic (exact) mass is 365 g/mol. The molecular formula is C17H20FN3O3S. The van der Waals surface area contributed by atoms with Gasteiger partial charge in [0, 0.05) is 17.9 Å². The average Bonchev–Trinajstić information content (AvgIpc) is 3.00. The van der Waals surface area contributed by atoms with E-state index in [1.807, 2.05) is 13.8 Å². The van der Waals surface area contributed by atoms with E-state index in [9.17, 15) is 14.0 Å². The maximum Gasteiger partial charge on any atom is 0.248 e. The third-order valence-corrected chi connectivity index (χ3v) is 4.25. The highest BCUT2D eigenvalue weighted by Crippen LogP contribution is 2.28. The summed E-state index contributed by atoms with van der Waals surface area (Å²) in [5.74, 6) is -1.01. The third-order valence-electron chi connectivity index (χ3n) is 3.49. The van der Waals surface area contributed by atoms with Crippen LogP contribution >= 0.6 is 11.3 Å². The van der Waals surface area contributed by atoms with Crippen molar-refractivity contribution >= 4 is 28.3 Å². The van der Waals surface area contributed by atoms with Crippen LogP contribution in [0.15, 0.2) is 23.6 Å². The Morgan fingerprint density at radius 2 is 2.04 bits per heavy atom. The fourth-order valence-corrected chi connectivity index (χ4v) is 2.95. The number of rotatable bonds is 6. The molecule has 0 spiro atoms. The number of anilines is 1. The first-order valence-electron chi connectivity index (χ1n) is 7.69. The van der Waals surface area contributed by atoms with Crippen LogP contribution in [0.25, 0.3) is 11.3 Å². The summed E-state index contributed by atoms with van der Waals surface area (Å²) in [6.45, 7) is 5.05. The van der Waals surface area contributed by atoms with E-state index in [-0.39, 0.29) is 23.5 Å². The van der Waals surface area contributed by atoms with E-state index in [1.54, 1.807) is 11.4 Å². The maximum absolute atomic E-state index is 13.8. The second-order valence-corrected chi connectivity index (χ2v) is 6.66. The van der Waals surface area contributed by atoms with Gasteiger partial charge in [0.2, 0.25) is 11.8 Å². The van der Waals surface area contributed by atoms with Crippen molar-refractivity contribution in [2.24, 2.45) is 5.92 Å². The number of ether oxygens (including phenoxy) is 1. The van der Waals surface area contributed by atoms with Crippen LogP contribution in [0.5, 0.6) is 5.75 Å². The first-order valence-corrected chi connectivity index (χ1v) is 8.57. The minimum atomic E-state index is -0.650. The van der Waals surface area contributed by atoms with Crippen LogP contribution in [-0.2, 0) is 9.59 Å². The molecule has 1 aromatic carbocycles. The van der Waals surface area contributed by atoms with Crippen LogP contribution < -0.4 is 15.4 Å². The molecule has 2 amide bonds. The van der Waals surface area contributed by atoms with Crippen molar-refractivity contribution in [3.8, 4) is 17.0 Å². The van der Waals surface area contributed by atoms with Crippen LogP contribution in [0.2, 0.25) is 0 Å². The number of carbonyl (C=O) groups excluding carboxylic acids is 2. The summed E-state index contributed by atoms with van der Waals surface area (Å²) in [5, 5.41) is 7.42. The molecule has 8 heteroatoms. The van der Waals surface area contributed by atoms with Gasteiger partial charge in [0.1, 0.15) is 6.04 Å². The third kappa shape index (κ3) is 4.76. The van der Waals surface area contributed by atoms with E-state index in [2.05, 4.69) is 15.6 Å². The minimum absolute atomic E-state index is 0.0704. The van der Waals surface area contributed by atoms with Gasteiger partial charge in [-0.2, -0.15) is 0 Å². The summed E-state index contributed by atoms with van der Waals surface area (Å²) in [4.78, 5) is 27.9. The first kappa shape index (κ1) is 18.9. The second-order valence-electron chi connectivity index (χ2n) is 5.80. The molecule has 2 N–H and O–H groups in total. The lowest BCUT2D eigenvalue weighted by atomic mass is 10.0. The number of hydrogen-bond donors (Lipinski definition) is 2. The lowest BCUT2D eigenvalue weighted by Gasteiger charge is -2.20. The standard InChI is InChI=1S/C17H20FN3O3S/c1-9(2)15(19-10(3)22)16(23)21-17-20-13(8-25-17)11-5-6-14(24-4)12(18)7-11/h5-9,15H,1-4H3,(H,19,22)(H,20,21,23). The van der Waals surface area contributed by atoms with Gasteiger partial charge in [0.15, 0.2) is 16.7 Å². The number of halogens is 1. The van der Waals surface area contributed by atoms with Gasteiger partial charge < -0.3 is 15.4 Å². The van der Waals surface area contributed by atoms with E-state index < -0.39 is 11.9 Å². The minimum Gasteiger partial charge on any atom is -0.494 e. The van der Waals surface area contributed by atoms with E-state index in [0.29, 0.717) is 16.4 Å². The lowest BCUT2D eigenvalue weighted by Crippen LogP contribution is -2.46. The number of aromatic nitrogens is 1. The first-order chi connectivity index (χ1) is 11.8. The Morgan fingerprint density at radius 1 is 1.32 bits per heavy atom. The van der Waals surface area contributed by atoms with Crippen LogP contribution in [0.3, 0.4) is 0 Å². The SMILES string of the molecule is COc1ccc(-c2csc(NC(=O)C(NC(C)=O)C(C)C)n2)cc1F. The smallest absolute Gasteiger partial charge is 0.248 e. The van der Waals surface area contributed by atoms with Gasteiger partial charge >= 0.3 is 0 Å². The van der Waals surface area contributed by atoms with Crippen molar-refractivity contribution in [3.05, 3.63) is 29.4 Å². The molecular weight excluding hydrogens is 345 g/mol. The zero-order valence-electron chi connectivity index (χ0n) is 14.4. The van der Waals surface area contributed by atoms with Gasteiger partial charge in [-0.1, -0.05) is 13.8 Å². The number of hydrogen-bond acceptors (Lipinski definition) is 5. The molecule has 0 saturated carbocycles. The topological polar surface area (TPSA) is 80.3 Å². The summed E-state index contributed by atoms with van der Waals surface area (Å²) >= 11 is 1.23. The molecule has 0 bridgehead atoms. The molecule has 134 valence electrons. The van der Waals surface area contributed by atoms with E-state index in [1.165, 1.54) is 37.5 Å². The zero-order chi connectivity index (χ0) is 18.6. The van der Waals surface area contributed by atoms with E-state index in [0.717, 1.165) is 0 Å². The molecule has 0 saturated heterocycles. The van der Waals surface area contributed by atoms with Gasteiger partial charge in [-0.15, -0.1) is 11.3 Å². The van der Waals surface area contributed by atoms with Crippen LogP contribution in [0, 0.1) is 11.7 Å². The molecule has 6 nitrogen and oxygen atoms in total.